The van der Waals surface area contributed by atoms with Gasteiger partial charge in [-0.1, -0.05) is 0 Å². The van der Waals surface area contributed by atoms with Gasteiger partial charge in [-0.2, -0.15) is 0 Å². The summed E-state index contributed by atoms with van der Waals surface area (Å²) in [5.41, 5.74) is 0. The van der Waals surface area contributed by atoms with E-state index < -0.39 is 8.80 Å². The largest absolute Gasteiger partial charge is 0.500 e. The fourth-order valence-corrected chi connectivity index (χ4v) is 4.63. The van der Waals surface area contributed by atoms with Crippen molar-refractivity contribution < 1.29 is 22.8 Å². The minimum atomic E-state index is -2.50. The van der Waals surface area contributed by atoms with Gasteiger partial charge in [0, 0.05) is 32.3 Å². The first-order valence-electron chi connectivity index (χ1n) is 7.83. The number of hydrogen-bond acceptors (Lipinski definition) is 6. The van der Waals surface area contributed by atoms with Crippen molar-refractivity contribution in [1.29, 1.82) is 0 Å². The predicted octanol–water partition coefficient (Wildman–Crippen LogP) is 1.97. The van der Waals surface area contributed by atoms with Gasteiger partial charge in [-0.05, 0) is 46.7 Å². The second-order valence-electron chi connectivity index (χ2n) is 4.52. The molecule has 0 fully saturated rings. The maximum Gasteiger partial charge on any atom is 0.500 e. The Bertz CT molecular complexity index is 249. The van der Waals surface area contributed by atoms with E-state index in [1.54, 1.807) is 0 Å². The summed E-state index contributed by atoms with van der Waals surface area (Å²) < 4.78 is 22.0. The van der Waals surface area contributed by atoms with Gasteiger partial charge in [-0.25, -0.2) is 0 Å². The van der Waals surface area contributed by atoms with E-state index in [0.29, 0.717) is 26.2 Å². The first-order valence-corrected chi connectivity index (χ1v) is 9.76. The average Bonchev–Trinajstić information content (AvgIpc) is 2.46. The molecule has 0 amide bonds. The minimum Gasteiger partial charge on any atom is -0.469 e. The second-order valence-corrected chi connectivity index (χ2v) is 7.25. The van der Waals surface area contributed by atoms with Gasteiger partial charge in [0.15, 0.2) is 0 Å². The van der Waals surface area contributed by atoms with Crippen LogP contribution in [0.2, 0.25) is 6.04 Å². The summed E-state index contributed by atoms with van der Waals surface area (Å²) >= 11 is 0. The van der Waals surface area contributed by atoms with Crippen molar-refractivity contribution >= 4 is 14.8 Å². The molecule has 0 spiro atoms. The summed E-state index contributed by atoms with van der Waals surface area (Å²) in [7, 11) is -1.09. The first kappa shape index (κ1) is 20.5. The maximum absolute atomic E-state index is 11.0. The highest BCUT2D eigenvalue weighted by Gasteiger charge is 2.39. The van der Waals surface area contributed by atoms with E-state index in [0.717, 1.165) is 32.0 Å². The van der Waals surface area contributed by atoms with Crippen LogP contribution in [-0.2, 0) is 22.8 Å². The van der Waals surface area contributed by atoms with Gasteiger partial charge in [0.25, 0.3) is 0 Å². The number of methoxy groups -OCH3 is 1. The van der Waals surface area contributed by atoms with Gasteiger partial charge < -0.3 is 23.3 Å². The molecular weight excluding hydrogens is 290 g/mol. The monoisotopic (exact) mass is 321 g/mol. The molecule has 7 heteroatoms. The molecule has 0 bridgehead atoms. The molecule has 0 atom stereocenters. The molecule has 0 saturated carbocycles. The summed E-state index contributed by atoms with van der Waals surface area (Å²) in [6.45, 7) is 9.39. The van der Waals surface area contributed by atoms with Crippen LogP contribution < -0.4 is 5.32 Å². The van der Waals surface area contributed by atoms with Crippen molar-refractivity contribution in [2.24, 2.45) is 0 Å². The lowest BCUT2D eigenvalue weighted by molar-refractivity contribution is -0.140. The molecule has 0 aliphatic carbocycles. The zero-order chi connectivity index (χ0) is 16.0. The lowest BCUT2D eigenvalue weighted by Gasteiger charge is -2.28. The van der Waals surface area contributed by atoms with Gasteiger partial charge >= 0.3 is 14.8 Å². The van der Waals surface area contributed by atoms with E-state index in [9.17, 15) is 4.79 Å². The number of carbonyl (C=O) groups is 1. The highest BCUT2D eigenvalue weighted by molar-refractivity contribution is 6.60. The van der Waals surface area contributed by atoms with Gasteiger partial charge in [-0.15, -0.1) is 0 Å². The zero-order valence-corrected chi connectivity index (χ0v) is 14.9. The van der Waals surface area contributed by atoms with Gasteiger partial charge in [0.2, 0.25) is 0 Å². The fraction of sp³-hybridized carbons (Fsp3) is 0.929. The standard InChI is InChI=1S/C14H31NO5Si/c1-5-18-21(19-6-2,20-7-3)13-9-12-15-11-8-10-14(16)17-4/h15H,5-13H2,1-4H3. The van der Waals surface area contributed by atoms with Crippen molar-refractivity contribution in [3.05, 3.63) is 0 Å². The van der Waals surface area contributed by atoms with Crippen LogP contribution in [0.1, 0.15) is 40.0 Å². The van der Waals surface area contributed by atoms with E-state index in [1.165, 1.54) is 7.11 Å². The molecule has 0 heterocycles. The topological polar surface area (TPSA) is 66.0 Å². The van der Waals surface area contributed by atoms with E-state index in [2.05, 4.69) is 10.1 Å². The average molecular weight is 321 g/mol. The second kappa shape index (κ2) is 13.2. The maximum atomic E-state index is 11.0. The molecule has 21 heavy (non-hydrogen) atoms. The molecule has 0 saturated heterocycles. The Morgan fingerprint density at radius 1 is 0.952 bits per heavy atom. The van der Waals surface area contributed by atoms with Crippen molar-refractivity contribution in [3.63, 3.8) is 0 Å². The summed E-state index contributed by atoms with van der Waals surface area (Å²) in [5, 5.41) is 3.31. The first-order chi connectivity index (χ1) is 10.1. The Labute approximate surface area is 129 Å². The van der Waals surface area contributed by atoms with E-state index in [1.807, 2.05) is 20.8 Å². The summed E-state index contributed by atoms with van der Waals surface area (Å²) in [6.07, 6.45) is 2.18. The van der Waals surface area contributed by atoms with Crippen LogP contribution in [0.25, 0.3) is 0 Å². The zero-order valence-electron chi connectivity index (χ0n) is 13.9. The van der Waals surface area contributed by atoms with Crippen LogP contribution in [0.15, 0.2) is 0 Å². The number of carbonyl (C=O) groups excluding carboxylic acids is 1. The van der Waals surface area contributed by atoms with Crippen molar-refractivity contribution in [1.82, 2.24) is 5.32 Å². The normalized spacial score (nSPS) is 11.6. The Balaban J connectivity index is 3.88. The highest BCUT2D eigenvalue weighted by atomic mass is 28.4. The van der Waals surface area contributed by atoms with Crippen molar-refractivity contribution in [2.45, 2.75) is 46.1 Å². The lowest BCUT2D eigenvalue weighted by Crippen LogP contribution is -2.46. The van der Waals surface area contributed by atoms with E-state index in [-0.39, 0.29) is 5.97 Å². The number of hydrogen-bond donors (Lipinski definition) is 1. The van der Waals surface area contributed by atoms with Crippen LogP contribution in [0.4, 0.5) is 0 Å². The summed E-state index contributed by atoms with van der Waals surface area (Å²) in [5.74, 6) is -0.160. The molecule has 0 aromatic heterocycles. The number of ether oxygens (including phenoxy) is 1. The molecule has 0 radical (unpaired) electrons. The van der Waals surface area contributed by atoms with E-state index in [4.69, 9.17) is 13.3 Å². The SMILES string of the molecule is CCO[Si](CCCNCCCC(=O)OC)(OCC)OCC. The van der Waals surface area contributed by atoms with Crippen LogP contribution in [-0.4, -0.2) is 54.8 Å². The van der Waals surface area contributed by atoms with Crippen LogP contribution >= 0.6 is 0 Å². The van der Waals surface area contributed by atoms with Crippen molar-refractivity contribution in [3.8, 4) is 0 Å². The molecular formula is C14H31NO5Si. The van der Waals surface area contributed by atoms with Gasteiger partial charge in [0.1, 0.15) is 0 Å². The Morgan fingerprint density at radius 2 is 1.48 bits per heavy atom. The van der Waals surface area contributed by atoms with Gasteiger partial charge in [-0.3, -0.25) is 4.79 Å². The third-order valence-electron chi connectivity index (χ3n) is 2.89. The Kier molecular flexibility index (Phi) is 12.9. The molecule has 126 valence electrons. The van der Waals surface area contributed by atoms with Gasteiger partial charge in [0.05, 0.1) is 7.11 Å². The number of esters is 1. The van der Waals surface area contributed by atoms with Crippen molar-refractivity contribution in [2.75, 3.05) is 40.0 Å². The molecule has 6 nitrogen and oxygen atoms in total. The smallest absolute Gasteiger partial charge is 0.469 e. The minimum absolute atomic E-state index is 0.160. The summed E-state index contributed by atoms with van der Waals surface area (Å²) in [4.78, 5) is 11.0. The third kappa shape index (κ3) is 9.97. The van der Waals surface area contributed by atoms with E-state index >= 15 is 0 Å². The lowest BCUT2D eigenvalue weighted by atomic mass is 10.3. The predicted molar refractivity (Wildman–Crippen MR) is 84.2 cm³/mol. The Morgan fingerprint density at radius 3 is 1.95 bits per heavy atom. The third-order valence-corrected chi connectivity index (χ3v) is 6.04. The molecule has 0 aromatic rings. The van der Waals surface area contributed by atoms with Crippen LogP contribution in [0.3, 0.4) is 0 Å². The molecule has 0 unspecified atom stereocenters. The molecule has 1 N–H and O–H groups in total. The summed E-state index contributed by atoms with van der Waals surface area (Å²) in [6, 6.07) is 0.812. The van der Waals surface area contributed by atoms with Crippen LogP contribution in [0.5, 0.6) is 0 Å². The molecule has 0 aromatic carbocycles. The number of rotatable bonds is 14. The quantitative estimate of drug-likeness (QED) is 0.300. The highest BCUT2D eigenvalue weighted by Crippen LogP contribution is 2.17. The Hall–Kier alpha value is -0.473. The molecule has 0 aliphatic heterocycles. The van der Waals surface area contributed by atoms with Crippen LogP contribution in [0, 0.1) is 0 Å². The fourth-order valence-electron chi connectivity index (χ4n) is 2.02. The molecule has 0 rings (SSSR count). The number of nitrogens with one attached hydrogen (secondary N) is 1. The molecule has 0 aliphatic rings.